The van der Waals surface area contributed by atoms with Gasteiger partial charge in [0.15, 0.2) is 0 Å². The number of rotatable bonds is 2. The summed E-state index contributed by atoms with van der Waals surface area (Å²) >= 11 is 0. The molecule has 19 heavy (non-hydrogen) atoms. The number of para-hydroxylation sites is 2. The molecule has 0 radical (unpaired) electrons. The van der Waals surface area contributed by atoms with Gasteiger partial charge in [-0.15, -0.1) is 0 Å². The van der Waals surface area contributed by atoms with Gasteiger partial charge in [0, 0.05) is 19.3 Å². The highest BCUT2D eigenvalue weighted by atomic mass is 16.5. The summed E-state index contributed by atoms with van der Waals surface area (Å²) < 4.78 is 5.73. The van der Waals surface area contributed by atoms with E-state index in [1.165, 1.54) is 0 Å². The predicted octanol–water partition coefficient (Wildman–Crippen LogP) is 1.86. The Labute approximate surface area is 112 Å². The third kappa shape index (κ3) is 2.37. The lowest BCUT2D eigenvalue weighted by Gasteiger charge is -2.21. The first-order chi connectivity index (χ1) is 9.38. The average Bonchev–Trinajstić information content (AvgIpc) is 2.69. The van der Waals surface area contributed by atoms with Gasteiger partial charge in [0.05, 0.1) is 18.0 Å². The zero-order chi connectivity index (χ0) is 13.1. The second-order valence-corrected chi connectivity index (χ2v) is 4.37. The smallest absolute Gasteiger partial charge is 0.230 e. The van der Waals surface area contributed by atoms with Crippen LogP contribution in [0.5, 0.6) is 5.75 Å². The van der Waals surface area contributed by atoms with E-state index in [4.69, 9.17) is 10.5 Å². The molecule has 0 unspecified atom stereocenters. The van der Waals surface area contributed by atoms with Crippen LogP contribution in [0, 0.1) is 0 Å². The summed E-state index contributed by atoms with van der Waals surface area (Å²) in [4.78, 5) is 10.9. The Kier molecular flexibility index (Phi) is 3.29. The zero-order valence-corrected chi connectivity index (χ0v) is 10.6. The van der Waals surface area contributed by atoms with Gasteiger partial charge in [0.25, 0.3) is 0 Å². The summed E-state index contributed by atoms with van der Waals surface area (Å²) in [6.45, 7) is 1.97. The van der Waals surface area contributed by atoms with Gasteiger partial charge in [0.2, 0.25) is 5.95 Å². The van der Waals surface area contributed by atoms with Crippen LogP contribution in [0.25, 0.3) is 0 Å². The molecular weight excluding hydrogens is 240 g/mol. The zero-order valence-electron chi connectivity index (χ0n) is 10.6. The van der Waals surface area contributed by atoms with Gasteiger partial charge in [-0.3, -0.25) is 0 Å². The van der Waals surface area contributed by atoms with Crippen LogP contribution in [0.2, 0.25) is 0 Å². The second-order valence-electron chi connectivity index (χ2n) is 4.37. The molecule has 98 valence electrons. The number of nitrogens with zero attached hydrogens (tertiary/aromatic N) is 3. The molecule has 1 aromatic heterocycles. The molecule has 5 nitrogen and oxygen atoms in total. The molecule has 2 N–H and O–H groups in total. The van der Waals surface area contributed by atoms with E-state index in [1.807, 2.05) is 30.3 Å². The third-order valence-corrected chi connectivity index (χ3v) is 3.09. The molecule has 0 amide bonds. The molecular formula is C14H16N4O. The number of fused-ring (bicyclic) bond motifs is 1. The van der Waals surface area contributed by atoms with Gasteiger partial charge < -0.3 is 15.4 Å². The molecule has 0 fully saturated rings. The van der Waals surface area contributed by atoms with Gasteiger partial charge in [-0.05, 0) is 24.6 Å². The highest BCUT2D eigenvalue weighted by molar-refractivity contribution is 5.65. The highest BCUT2D eigenvalue weighted by Gasteiger charge is 2.19. The molecule has 0 saturated heterocycles. The molecule has 1 aromatic carbocycles. The van der Waals surface area contributed by atoms with Crippen molar-refractivity contribution in [3.05, 3.63) is 42.2 Å². The van der Waals surface area contributed by atoms with E-state index < -0.39 is 0 Å². The van der Waals surface area contributed by atoms with Crippen LogP contribution >= 0.6 is 0 Å². The van der Waals surface area contributed by atoms with E-state index in [0.717, 1.165) is 30.1 Å². The van der Waals surface area contributed by atoms with Crippen molar-refractivity contribution >= 4 is 11.6 Å². The average molecular weight is 256 g/mol. The van der Waals surface area contributed by atoms with E-state index in [1.54, 1.807) is 6.20 Å². The number of aromatic nitrogens is 2. The van der Waals surface area contributed by atoms with Crippen molar-refractivity contribution in [3.8, 4) is 5.75 Å². The maximum Gasteiger partial charge on any atom is 0.230 e. The lowest BCUT2D eigenvalue weighted by Crippen LogP contribution is -2.20. The maximum absolute atomic E-state index is 5.73. The normalized spacial score (nSPS) is 14.5. The standard InChI is InChI=1S/C14H16N4O/c15-10-11-6-7-16-14(17-11)18-8-3-9-19-13-5-2-1-4-12(13)18/h1-2,4-7H,3,8-10,15H2. The highest BCUT2D eigenvalue weighted by Crippen LogP contribution is 2.33. The van der Waals surface area contributed by atoms with Crippen molar-refractivity contribution in [2.45, 2.75) is 13.0 Å². The SMILES string of the molecule is NCc1ccnc(N2CCCOc3ccccc32)n1. The maximum atomic E-state index is 5.73. The summed E-state index contributed by atoms with van der Waals surface area (Å²) in [5.41, 5.74) is 7.49. The summed E-state index contributed by atoms with van der Waals surface area (Å²) in [6.07, 6.45) is 2.68. The van der Waals surface area contributed by atoms with Gasteiger partial charge in [-0.1, -0.05) is 12.1 Å². The first kappa shape index (κ1) is 11.9. The van der Waals surface area contributed by atoms with E-state index in [2.05, 4.69) is 14.9 Å². The van der Waals surface area contributed by atoms with Crippen LogP contribution in [0.3, 0.4) is 0 Å². The van der Waals surface area contributed by atoms with E-state index in [-0.39, 0.29) is 0 Å². The molecule has 0 saturated carbocycles. The Morgan fingerprint density at radius 1 is 1.26 bits per heavy atom. The Morgan fingerprint density at radius 2 is 2.16 bits per heavy atom. The van der Waals surface area contributed by atoms with Crippen molar-refractivity contribution in [2.24, 2.45) is 5.73 Å². The minimum Gasteiger partial charge on any atom is -0.491 e. The number of hydrogen-bond acceptors (Lipinski definition) is 5. The monoisotopic (exact) mass is 256 g/mol. The fourth-order valence-electron chi connectivity index (χ4n) is 2.16. The fourth-order valence-corrected chi connectivity index (χ4v) is 2.16. The molecule has 0 bridgehead atoms. The number of hydrogen-bond donors (Lipinski definition) is 1. The molecule has 2 aromatic rings. The summed E-state index contributed by atoms with van der Waals surface area (Å²) in [5, 5.41) is 0. The van der Waals surface area contributed by atoms with Crippen LogP contribution in [-0.2, 0) is 6.54 Å². The first-order valence-electron chi connectivity index (χ1n) is 6.40. The second kappa shape index (κ2) is 5.24. The summed E-state index contributed by atoms with van der Waals surface area (Å²) in [6, 6.07) is 9.80. The lowest BCUT2D eigenvalue weighted by atomic mass is 10.2. The Bertz CT molecular complexity index is 573. The third-order valence-electron chi connectivity index (χ3n) is 3.09. The number of anilines is 2. The van der Waals surface area contributed by atoms with Crippen LogP contribution in [0.1, 0.15) is 12.1 Å². The van der Waals surface area contributed by atoms with Crippen molar-refractivity contribution in [1.82, 2.24) is 9.97 Å². The van der Waals surface area contributed by atoms with Crippen LogP contribution in [0.15, 0.2) is 36.5 Å². The first-order valence-corrected chi connectivity index (χ1v) is 6.40. The molecule has 1 aliphatic heterocycles. The van der Waals surface area contributed by atoms with E-state index in [9.17, 15) is 0 Å². The van der Waals surface area contributed by atoms with Crippen molar-refractivity contribution in [1.29, 1.82) is 0 Å². The summed E-state index contributed by atoms with van der Waals surface area (Å²) in [5.74, 6) is 1.56. The molecule has 2 heterocycles. The Hall–Kier alpha value is -2.14. The minimum atomic E-state index is 0.418. The van der Waals surface area contributed by atoms with E-state index in [0.29, 0.717) is 19.1 Å². The molecule has 1 aliphatic rings. The van der Waals surface area contributed by atoms with Crippen LogP contribution < -0.4 is 15.4 Å². The van der Waals surface area contributed by atoms with E-state index >= 15 is 0 Å². The summed E-state index contributed by atoms with van der Waals surface area (Å²) in [7, 11) is 0. The fraction of sp³-hybridized carbons (Fsp3) is 0.286. The van der Waals surface area contributed by atoms with Crippen molar-refractivity contribution in [3.63, 3.8) is 0 Å². The molecule has 0 aliphatic carbocycles. The minimum absolute atomic E-state index is 0.418. The number of ether oxygens (including phenoxy) is 1. The largest absolute Gasteiger partial charge is 0.491 e. The van der Waals surface area contributed by atoms with Gasteiger partial charge >= 0.3 is 0 Å². The van der Waals surface area contributed by atoms with Gasteiger partial charge in [0.1, 0.15) is 5.75 Å². The van der Waals surface area contributed by atoms with Crippen LogP contribution in [0.4, 0.5) is 11.6 Å². The van der Waals surface area contributed by atoms with Crippen molar-refractivity contribution < 1.29 is 4.74 Å². The molecule has 0 spiro atoms. The number of nitrogens with two attached hydrogens (primary N) is 1. The van der Waals surface area contributed by atoms with Gasteiger partial charge in [-0.2, -0.15) is 0 Å². The molecule has 3 rings (SSSR count). The van der Waals surface area contributed by atoms with Gasteiger partial charge in [-0.25, -0.2) is 9.97 Å². The molecule has 5 heteroatoms. The quantitative estimate of drug-likeness (QED) is 0.888. The Morgan fingerprint density at radius 3 is 3.05 bits per heavy atom. The lowest BCUT2D eigenvalue weighted by molar-refractivity contribution is 0.322. The topological polar surface area (TPSA) is 64.3 Å². The van der Waals surface area contributed by atoms with Crippen molar-refractivity contribution in [2.75, 3.05) is 18.1 Å². The number of benzene rings is 1. The predicted molar refractivity (Wildman–Crippen MR) is 73.5 cm³/mol. The Balaban J connectivity index is 2.03. The molecule has 0 atom stereocenters. The van der Waals surface area contributed by atoms with Crippen LogP contribution in [-0.4, -0.2) is 23.1 Å².